The van der Waals surface area contributed by atoms with E-state index in [0.29, 0.717) is 19.4 Å². The lowest BCUT2D eigenvalue weighted by Gasteiger charge is -2.32. The molecule has 2 aliphatic heterocycles. The first-order valence-electron chi connectivity index (χ1n) is 11.2. The van der Waals surface area contributed by atoms with E-state index in [9.17, 15) is 13.8 Å². The number of imide groups is 1. The van der Waals surface area contributed by atoms with Gasteiger partial charge in [0, 0.05) is 56.4 Å². The van der Waals surface area contributed by atoms with E-state index in [0.717, 1.165) is 65.8 Å². The standard InChI is InChI=1S/C24H27N3O5S/c1-33(30)27-10-8-26(9-11-27)12-13-31-17-3-4-18-16(14-17)2-6-21-23(18)20(15-32-21)19-5-7-22(28)25-24(19)29/h2-4,6,14-15,19H,5,7-13H2,1H3,(H,25,28,29)/t19-,33?/m0/s1. The van der Waals surface area contributed by atoms with E-state index in [1.807, 2.05) is 34.6 Å². The third-order valence-corrected chi connectivity index (χ3v) is 7.63. The summed E-state index contributed by atoms with van der Waals surface area (Å²) in [6.45, 7) is 4.81. The largest absolute Gasteiger partial charge is 0.492 e. The SMILES string of the molecule is CS(=O)N1CCN(CCOc2ccc3c(ccc4occ([C@@H]5CCC(=O)NC5=O)c43)c2)CC1. The Kier molecular flexibility index (Phi) is 6.18. The average molecular weight is 470 g/mol. The Labute approximate surface area is 194 Å². The normalized spacial score (nSPS) is 21.4. The summed E-state index contributed by atoms with van der Waals surface area (Å²) in [7, 11) is -0.899. The van der Waals surface area contributed by atoms with Gasteiger partial charge in [-0.3, -0.25) is 19.8 Å². The topological polar surface area (TPSA) is 92.1 Å². The van der Waals surface area contributed by atoms with Gasteiger partial charge >= 0.3 is 0 Å². The second-order valence-corrected chi connectivity index (χ2v) is 9.92. The van der Waals surface area contributed by atoms with Gasteiger partial charge in [-0.05, 0) is 41.5 Å². The van der Waals surface area contributed by atoms with Crippen molar-refractivity contribution in [2.24, 2.45) is 0 Å². The minimum atomic E-state index is -0.899. The van der Waals surface area contributed by atoms with Gasteiger partial charge in [-0.1, -0.05) is 6.07 Å². The van der Waals surface area contributed by atoms with Crippen molar-refractivity contribution in [1.82, 2.24) is 14.5 Å². The highest BCUT2D eigenvalue weighted by molar-refractivity contribution is 7.81. The van der Waals surface area contributed by atoms with Gasteiger partial charge in [0.1, 0.15) is 17.9 Å². The minimum absolute atomic E-state index is 0.224. The number of hydrogen-bond acceptors (Lipinski definition) is 6. The monoisotopic (exact) mass is 469 g/mol. The van der Waals surface area contributed by atoms with Crippen LogP contribution in [0.2, 0.25) is 0 Å². The summed E-state index contributed by atoms with van der Waals surface area (Å²) in [6.07, 6.45) is 4.18. The van der Waals surface area contributed by atoms with Gasteiger partial charge in [-0.2, -0.15) is 0 Å². The van der Waals surface area contributed by atoms with Crippen LogP contribution in [-0.2, 0) is 20.6 Å². The van der Waals surface area contributed by atoms with Gasteiger partial charge in [0.25, 0.3) is 0 Å². The number of furan rings is 1. The molecule has 0 spiro atoms. The van der Waals surface area contributed by atoms with Gasteiger partial charge in [0.05, 0.1) is 23.2 Å². The maximum Gasteiger partial charge on any atom is 0.234 e. The Bertz CT molecular complexity index is 1230. The van der Waals surface area contributed by atoms with E-state index in [4.69, 9.17) is 9.15 Å². The number of piperidine rings is 1. The summed E-state index contributed by atoms with van der Waals surface area (Å²) in [4.78, 5) is 26.3. The van der Waals surface area contributed by atoms with Crippen LogP contribution in [0.3, 0.4) is 0 Å². The Hall–Kier alpha value is -2.75. The highest BCUT2D eigenvalue weighted by atomic mass is 32.2. The number of benzene rings is 2. The highest BCUT2D eigenvalue weighted by Gasteiger charge is 2.31. The second-order valence-electron chi connectivity index (χ2n) is 8.56. The van der Waals surface area contributed by atoms with Gasteiger partial charge in [-0.25, -0.2) is 8.51 Å². The summed E-state index contributed by atoms with van der Waals surface area (Å²) in [5.41, 5.74) is 1.55. The molecule has 2 amide bonds. The Morgan fingerprint density at radius 3 is 2.73 bits per heavy atom. The average Bonchev–Trinajstić information content (AvgIpc) is 3.23. The number of rotatable bonds is 6. The number of nitrogens with one attached hydrogen (secondary N) is 1. The maximum absolute atomic E-state index is 12.4. The van der Waals surface area contributed by atoms with Crippen molar-refractivity contribution in [1.29, 1.82) is 0 Å². The summed E-state index contributed by atoms with van der Waals surface area (Å²) < 4.78 is 25.3. The van der Waals surface area contributed by atoms with E-state index in [-0.39, 0.29) is 11.8 Å². The lowest BCUT2D eigenvalue weighted by molar-refractivity contribution is -0.134. The number of nitrogens with zero attached hydrogens (tertiary/aromatic N) is 2. The van der Waals surface area contributed by atoms with Crippen LogP contribution in [0.5, 0.6) is 5.75 Å². The summed E-state index contributed by atoms with van der Waals surface area (Å²) in [6, 6.07) is 9.86. The van der Waals surface area contributed by atoms with E-state index >= 15 is 0 Å². The smallest absolute Gasteiger partial charge is 0.234 e. The molecule has 3 heterocycles. The molecule has 2 aromatic carbocycles. The van der Waals surface area contributed by atoms with E-state index in [2.05, 4.69) is 10.2 Å². The molecular formula is C24H27N3O5S. The van der Waals surface area contributed by atoms with Crippen LogP contribution in [-0.4, -0.2) is 70.8 Å². The molecule has 1 aromatic heterocycles. The molecule has 0 saturated carbocycles. The Morgan fingerprint density at radius 1 is 1.15 bits per heavy atom. The lowest BCUT2D eigenvalue weighted by atomic mass is 9.89. The van der Waals surface area contributed by atoms with Gasteiger partial charge in [0.2, 0.25) is 11.8 Å². The molecule has 2 fully saturated rings. The van der Waals surface area contributed by atoms with Crippen LogP contribution in [0, 0.1) is 0 Å². The molecule has 0 radical (unpaired) electrons. The van der Waals surface area contributed by atoms with E-state index in [1.165, 1.54) is 0 Å². The quantitative estimate of drug-likeness (QED) is 0.558. The third kappa shape index (κ3) is 4.53. The number of carbonyl (C=O) groups is 2. The molecule has 1 unspecified atom stereocenters. The number of amides is 2. The fraction of sp³-hybridized carbons (Fsp3) is 0.417. The first kappa shape index (κ1) is 22.1. The molecule has 33 heavy (non-hydrogen) atoms. The summed E-state index contributed by atoms with van der Waals surface area (Å²) in [5.74, 6) is -0.0906. The molecule has 8 nitrogen and oxygen atoms in total. The van der Waals surface area contributed by atoms with Gasteiger partial charge < -0.3 is 9.15 Å². The summed E-state index contributed by atoms with van der Waals surface area (Å²) in [5, 5.41) is 5.36. The molecule has 5 rings (SSSR count). The second kappa shape index (κ2) is 9.24. The number of piperazine rings is 1. The Morgan fingerprint density at radius 2 is 1.97 bits per heavy atom. The molecule has 3 aromatic rings. The van der Waals surface area contributed by atoms with Gasteiger partial charge in [-0.15, -0.1) is 0 Å². The van der Waals surface area contributed by atoms with Crippen LogP contribution >= 0.6 is 0 Å². The van der Waals surface area contributed by atoms with E-state index in [1.54, 1.807) is 12.5 Å². The zero-order chi connectivity index (χ0) is 22.9. The zero-order valence-electron chi connectivity index (χ0n) is 18.5. The van der Waals surface area contributed by atoms with Crippen molar-refractivity contribution in [3.05, 3.63) is 42.2 Å². The van der Waals surface area contributed by atoms with Gasteiger partial charge in [0.15, 0.2) is 0 Å². The molecule has 2 saturated heterocycles. The molecule has 174 valence electrons. The number of hydrogen-bond donors (Lipinski definition) is 1. The molecule has 9 heteroatoms. The molecule has 0 aliphatic carbocycles. The number of fused-ring (bicyclic) bond motifs is 3. The van der Waals surface area contributed by atoms with Crippen molar-refractivity contribution in [3.63, 3.8) is 0 Å². The molecular weight excluding hydrogens is 442 g/mol. The summed E-state index contributed by atoms with van der Waals surface area (Å²) >= 11 is 0. The van der Waals surface area contributed by atoms with Crippen molar-refractivity contribution in [2.75, 3.05) is 45.6 Å². The predicted octanol–water partition coefficient (Wildman–Crippen LogP) is 2.40. The lowest BCUT2D eigenvalue weighted by Crippen LogP contribution is -2.47. The fourth-order valence-electron chi connectivity index (χ4n) is 4.71. The Balaban J connectivity index is 1.30. The first-order chi connectivity index (χ1) is 16.0. The molecule has 0 bridgehead atoms. The minimum Gasteiger partial charge on any atom is -0.492 e. The van der Waals surface area contributed by atoms with Crippen LogP contribution in [0.25, 0.3) is 21.7 Å². The van der Waals surface area contributed by atoms with Crippen LogP contribution in [0.15, 0.2) is 41.0 Å². The van der Waals surface area contributed by atoms with Crippen molar-refractivity contribution in [2.45, 2.75) is 18.8 Å². The first-order valence-corrected chi connectivity index (χ1v) is 12.7. The fourth-order valence-corrected chi connectivity index (χ4v) is 5.39. The third-order valence-electron chi connectivity index (χ3n) is 6.54. The van der Waals surface area contributed by atoms with Crippen LogP contribution in [0.1, 0.15) is 24.3 Å². The van der Waals surface area contributed by atoms with Crippen LogP contribution < -0.4 is 10.1 Å². The highest BCUT2D eigenvalue weighted by Crippen LogP contribution is 2.37. The molecule has 2 atom stereocenters. The predicted molar refractivity (Wildman–Crippen MR) is 126 cm³/mol. The van der Waals surface area contributed by atoms with Crippen molar-refractivity contribution < 1.29 is 23.0 Å². The number of ether oxygens (including phenoxy) is 1. The van der Waals surface area contributed by atoms with Crippen molar-refractivity contribution in [3.8, 4) is 5.75 Å². The molecule has 1 N–H and O–H groups in total. The van der Waals surface area contributed by atoms with Crippen molar-refractivity contribution >= 4 is 44.5 Å². The molecule has 2 aliphatic rings. The van der Waals surface area contributed by atoms with Crippen LogP contribution in [0.4, 0.5) is 0 Å². The maximum atomic E-state index is 12.4. The zero-order valence-corrected chi connectivity index (χ0v) is 19.4. The van der Waals surface area contributed by atoms with E-state index < -0.39 is 16.9 Å². The number of carbonyl (C=O) groups excluding carboxylic acids is 2.